The van der Waals surface area contributed by atoms with Gasteiger partial charge in [-0.3, -0.25) is 4.79 Å². The van der Waals surface area contributed by atoms with E-state index in [0.29, 0.717) is 13.2 Å². The Morgan fingerprint density at radius 2 is 2.26 bits per heavy atom. The maximum absolute atomic E-state index is 12.2. The lowest BCUT2D eigenvalue weighted by Gasteiger charge is -2.27. The van der Waals surface area contributed by atoms with Crippen molar-refractivity contribution in [2.75, 3.05) is 20.3 Å². The molecule has 0 aliphatic carbocycles. The zero-order valence-corrected chi connectivity index (χ0v) is 11.7. The lowest BCUT2D eigenvalue weighted by molar-refractivity contribution is -0.137. The molecular formula is C13H24N2O4. The number of aliphatic carboxylic acids is 1. The minimum absolute atomic E-state index is 0.00595. The molecule has 0 spiro atoms. The molecule has 2 N–H and O–H groups in total. The third-order valence-electron chi connectivity index (χ3n) is 3.38. The second kappa shape index (κ2) is 7.99. The van der Waals surface area contributed by atoms with Crippen molar-refractivity contribution in [2.24, 2.45) is 0 Å². The standard InChI is InChI=1S/C13H24N2O4/c1-3-5-10(9-19-2)14-13(18)15-7-4-6-11(15)8-12(16)17/h10-11H,3-9H2,1-2H3,(H,14,18)(H,16,17). The fourth-order valence-electron chi connectivity index (χ4n) is 2.52. The largest absolute Gasteiger partial charge is 0.481 e. The van der Waals surface area contributed by atoms with Gasteiger partial charge in [-0.05, 0) is 19.3 Å². The fraction of sp³-hybridized carbons (Fsp3) is 0.846. The first kappa shape index (κ1) is 15.8. The highest BCUT2D eigenvalue weighted by molar-refractivity contribution is 5.76. The van der Waals surface area contributed by atoms with Crippen LogP contribution < -0.4 is 5.32 Å². The van der Waals surface area contributed by atoms with E-state index in [1.807, 2.05) is 0 Å². The third kappa shape index (κ3) is 5.06. The molecule has 110 valence electrons. The number of rotatable bonds is 7. The van der Waals surface area contributed by atoms with Crippen molar-refractivity contribution in [2.45, 2.75) is 51.1 Å². The van der Waals surface area contributed by atoms with Crippen LogP contribution >= 0.6 is 0 Å². The van der Waals surface area contributed by atoms with Gasteiger partial charge in [-0.2, -0.15) is 0 Å². The molecular weight excluding hydrogens is 248 g/mol. The Labute approximate surface area is 114 Å². The first-order chi connectivity index (χ1) is 9.08. The van der Waals surface area contributed by atoms with Crippen molar-refractivity contribution in [3.05, 3.63) is 0 Å². The van der Waals surface area contributed by atoms with Crippen molar-refractivity contribution in [1.29, 1.82) is 0 Å². The predicted octanol–water partition coefficient (Wildman–Crippen LogP) is 1.45. The second-order valence-corrected chi connectivity index (χ2v) is 4.98. The summed E-state index contributed by atoms with van der Waals surface area (Å²) < 4.78 is 5.08. The molecule has 1 aliphatic heterocycles. The highest BCUT2D eigenvalue weighted by Gasteiger charge is 2.31. The van der Waals surface area contributed by atoms with Gasteiger partial charge in [0, 0.05) is 19.7 Å². The summed E-state index contributed by atoms with van der Waals surface area (Å²) in [5.41, 5.74) is 0. The molecule has 1 rings (SSSR count). The van der Waals surface area contributed by atoms with Gasteiger partial charge in [-0.1, -0.05) is 13.3 Å². The first-order valence-electron chi connectivity index (χ1n) is 6.86. The van der Waals surface area contributed by atoms with Crippen LogP contribution in [0, 0.1) is 0 Å². The number of carbonyl (C=O) groups is 2. The molecule has 2 atom stereocenters. The van der Waals surface area contributed by atoms with Gasteiger partial charge in [0.2, 0.25) is 0 Å². The van der Waals surface area contributed by atoms with E-state index in [2.05, 4.69) is 12.2 Å². The Morgan fingerprint density at radius 3 is 2.84 bits per heavy atom. The molecule has 0 bridgehead atoms. The van der Waals surface area contributed by atoms with Gasteiger partial charge in [0.25, 0.3) is 0 Å². The fourth-order valence-corrected chi connectivity index (χ4v) is 2.52. The van der Waals surface area contributed by atoms with Crippen LogP contribution in [0.15, 0.2) is 0 Å². The number of carboxylic acids is 1. The highest BCUT2D eigenvalue weighted by Crippen LogP contribution is 2.20. The molecule has 1 heterocycles. The van der Waals surface area contributed by atoms with Crippen LogP contribution in [0.25, 0.3) is 0 Å². The average molecular weight is 272 g/mol. The number of ether oxygens (including phenoxy) is 1. The molecule has 19 heavy (non-hydrogen) atoms. The van der Waals surface area contributed by atoms with E-state index in [1.54, 1.807) is 12.0 Å². The number of hydrogen-bond acceptors (Lipinski definition) is 3. The number of hydrogen-bond donors (Lipinski definition) is 2. The van der Waals surface area contributed by atoms with Gasteiger partial charge in [0.05, 0.1) is 19.1 Å². The SMILES string of the molecule is CCCC(COC)NC(=O)N1CCCC1CC(=O)O. The van der Waals surface area contributed by atoms with Crippen molar-refractivity contribution < 1.29 is 19.4 Å². The van der Waals surface area contributed by atoms with Crippen molar-refractivity contribution in [3.8, 4) is 0 Å². The molecule has 6 heteroatoms. The lowest BCUT2D eigenvalue weighted by Crippen LogP contribution is -2.48. The molecule has 2 amide bonds. The summed E-state index contributed by atoms with van der Waals surface area (Å²) in [4.78, 5) is 24.6. The smallest absolute Gasteiger partial charge is 0.317 e. The number of carboxylic acid groups (broad SMARTS) is 1. The van der Waals surface area contributed by atoms with Crippen LogP contribution in [0.1, 0.15) is 39.0 Å². The predicted molar refractivity (Wildman–Crippen MR) is 71.1 cm³/mol. The number of likely N-dealkylation sites (tertiary alicyclic amines) is 1. The third-order valence-corrected chi connectivity index (χ3v) is 3.38. The van der Waals surface area contributed by atoms with Gasteiger partial charge in [0.1, 0.15) is 0 Å². The number of carbonyl (C=O) groups excluding carboxylic acids is 1. The summed E-state index contributed by atoms with van der Waals surface area (Å²) in [6, 6.07) is -0.352. The number of amides is 2. The van der Waals surface area contributed by atoms with Gasteiger partial charge in [-0.15, -0.1) is 0 Å². The van der Waals surface area contributed by atoms with Crippen LogP contribution in [0.3, 0.4) is 0 Å². The van der Waals surface area contributed by atoms with E-state index < -0.39 is 5.97 Å². The molecule has 1 fully saturated rings. The van der Waals surface area contributed by atoms with Gasteiger partial charge in [0.15, 0.2) is 0 Å². The Bertz CT molecular complexity index is 303. The van der Waals surface area contributed by atoms with Crippen molar-refractivity contribution >= 4 is 12.0 Å². The Hall–Kier alpha value is -1.30. The first-order valence-corrected chi connectivity index (χ1v) is 6.86. The van der Waals surface area contributed by atoms with E-state index in [9.17, 15) is 9.59 Å². The zero-order valence-electron chi connectivity index (χ0n) is 11.7. The maximum Gasteiger partial charge on any atom is 0.317 e. The summed E-state index contributed by atoms with van der Waals surface area (Å²) >= 11 is 0. The minimum atomic E-state index is -0.855. The second-order valence-electron chi connectivity index (χ2n) is 4.98. The molecule has 0 saturated carbocycles. The number of nitrogens with zero attached hydrogens (tertiary/aromatic N) is 1. The molecule has 6 nitrogen and oxygen atoms in total. The lowest BCUT2D eigenvalue weighted by atomic mass is 10.1. The Kier molecular flexibility index (Phi) is 6.62. The van der Waals surface area contributed by atoms with Crippen LogP contribution in [0.2, 0.25) is 0 Å². The number of methoxy groups -OCH3 is 1. The average Bonchev–Trinajstić information content (AvgIpc) is 2.77. The van der Waals surface area contributed by atoms with Crippen LogP contribution in [-0.4, -0.2) is 54.4 Å². The van der Waals surface area contributed by atoms with E-state index in [1.165, 1.54) is 0 Å². The summed E-state index contributed by atoms with van der Waals surface area (Å²) in [7, 11) is 1.61. The van der Waals surface area contributed by atoms with E-state index >= 15 is 0 Å². The molecule has 0 radical (unpaired) electrons. The molecule has 1 saturated heterocycles. The highest BCUT2D eigenvalue weighted by atomic mass is 16.5. The quantitative estimate of drug-likeness (QED) is 0.735. The molecule has 0 aromatic carbocycles. The summed E-state index contributed by atoms with van der Waals surface area (Å²) in [6.45, 7) is 3.17. The summed E-state index contributed by atoms with van der Waals surface area (Å²) in [5.74, 6) is -0.855. The van der Waals surface area contributed by atoms with Crippen LogP contribution in [0.5, 0.6) is 0 Å². The monoisotopic (exact) mass is 272 g/mol. The van der Waals surface area contributed by atoms with E-state index in [-0.39, 0.29) is 24.5 Å². The van der Waals surface area contributed by atoms with Crippen LogP contribution in [-0.2, 0) is 9.53 Å². The van der Waals surface area contributed by atoms with Gasteiger partial charge >= 0.3 is 12.0 Å². The number of urea groups is 1. The topological polar surface area (TPSA) is 78.9 Å². The molecule has 0 aromatic heterocycles. The summed E-state index contributed by atoms with van der Waals surface area (Å²) in [5, 5.41) is 11.8. The normalized spacial score (nSPS) is 20.3. The summed E-state index contributed by atoms with van der Waals surface area (Å²) in [6.07, 6.45) is 3.48. The van der Waals surface area contributed by atoms with Crippen LogP contribution in [0.4, 0.5) is 4.79 Å². The Morgan fingerprint density at radius 1 is 1.53 bits per heavy atom. The van der Waals surface area contributed by atoms with Crippen molar-refractivity contribution in [3.63, 3.8) is 0 Å². The van der Waals surface area contributed by atoms with Gasteiger partial charge in [-0.25, -0.2) is 4.79 Å². The minimum Gasteiger partial charge on any atom is -0.481 e. The number of nitrogens with one attached hydrogen (secondary N) is 1. The molecule has 0 aromatic rings. The molecule has 2 unspecified atom stereocenters. The maximum atomic E-state index is 12.2. The molecule has 1 aliphatic rings. The zero-order chi connectivity index (χ0) is 14.3. The van der Waals surface area contributed by atoms with Gasteiger partial charge < -0.3 is 20.1 Å². The van der Waals surface area contributed by atoms with Crippen molar-refractivity contribution in [1.82, 2.24) is 10.2 Å². The van der Waals surface area contributed by atoms with E-state index in [0.717, 1.165) is 25.7 Å². The van der Waals surface area contributed by atoms with E-state index in [4.69, 9.17) is 9.84 Å². The Balaban J connectivity index is 2.52.